The lowest BCUT2D eigenvalue weighted by atomic mass is 10.0. The van der Waals surface area contributed by atoms with Gasteiger partial charge in [-0.1, -0.05) is 0 Å². The Labute approximate surface area is 167 Å². The lowest BCUT2D eigenvalue weighted by Crippen LogP contribution is -2.39. The van der Waals surface area contributed by atoms with Gasteiger partial charge in [-0.2, -0.15) is 26.3 Å². The summed E-state index contributed by atoms with van der Waals surface area (Å²) < 4.78 is 76.3. The second-order valence-electron chi connectivity index (χ2n) is 6.85. The maximum atomic E-state index is 12.8. The van der Waals surface area contributed by atoms with Crippen molar-refractivity contribution in [1.82, 2.24) is 0 Å². The average molecular weight is 432 g/mol. The minimum Gasteiger partial charge on any atom is -0.377 e. The van der Waals surface area contributed by atoms with Crippen LogP contribution in [0.5, 0.6) is 0 Å². The minimum atomic E-state index is -4.69. The highest BCUT2D eigenvalue weighted by Crippen LogP contribution is 2.36. The number of hydrogen-bond donors (Lipinski definition) is 1. The fourth-order valence-electron chi connectivity index (χ4n) is 3.26. The molecule has 11 heteroatoms. The summed E-state index contributed by atoms with van der Waals surface area (Å²) in [4.78, 5) is 12.1. The first kappa shape index (κ1) is 21.7. The van der Waals surface area contributed by atoms with Crippen molar-refractivity contribution in [2.45, 2.75) is 31.2 Å². The molecule has 0 atom stereocenters. The van der Waals surface area contributed by atoms with E-state index in [0.29, 0.717) is 37.7 Å². The molecule has 1 N–H and O–H groups in total. The second-order valence-corrected chi connectivity index (χ2v) is 6.85. The molecule has 2 aromatic carbocycles. The first-order chi connectivity index (χ1) is 13.9. The zero-order valence-corrected chi connectivity index (χ0v) is 15.3. The lowest BCUT2D eigenvalue weighted by molar-refractivity contribution is -0.384. The summed E-state index contributed by atoms with van der Waals surface area (Å²) in [6, 6.07) is 7.88. The van der Waals surface area contributed by atoms with Crippen molar-refractivity contribution in [3.05, 3.63) is 63.7 Å². The van der Waals surface area contributed by atoms with E-state index in [2.05, 4.69) is 11.4 Å². The molecule has 1 fully saturated rings. The molecule has 0 aromatic heterocycles. The summed E-state index contributed by atoms with van der Waals surface area (Å²) in [5.74, 6) is 0. The largest absolute Gasteiger partial charge is 0.416 e. The predicted octanol–water partition coefficient (Wildman–Crippen LogP) is 5.51. The molecule has 2 aromatic rings. The number of benzene rings is 2. The van der Waals surface area contributed by atoms with Crippen molar-refractivity contribution in [3.63, 3.8) is 0 Å². The van der Waals surface area contributed by atoms with Crippen LogP contribution in [0, 0.1) is 16.2 Å². The van der Waals surface area contributed by atoms with Crippen molar-refractivity contribution in [3.8, 4) is 0 Å². The number of halogens is 6. The Kier molecular flexibility index (Phi) is 5.82. The van der Waals surface area contributed by atoms with Gasteiger partial charge in [-0.25, -0.2) is 0 Å². The SMILES string of the molecule is O=[N+]([O-])c1cc(C(F)(F)F)ccc1NC1CCN(c2[c]cc(C(F)(F)F)cc2)CC1. The van der Waals surface area contributed by atoms with E-state index in [-0.39, 0.29) is 11.7 Å². The van der Waals surface area contributed by atoms with E-state index >= 15 is 0 Å². The van der Waals surface area contributed by atoms with Crippen LogP contribution in [0.1, 0.15) is 24.0 Å². The van der Waals surface area contributed by atoms with E-state index in [1.54, 1.807) is 0 Å². The van der Waals surface area contributed by atoms with E-state index in [9.17, 15) is 36.5 Å². The number of piperidine rings is 1. The Balaban J connectivity index is 1.65. The van der Waals surface area contributed by atoms with Crippen LogP contribution in [0.25, 0.3) is 0 Å². The van der Waals surface area contributed by atoms with Crippen molar-refractivity contribution >= 4 is 17.1 Å². The van der Waals surface area contributed by atoms with Gasteiger partial charge in [-0.05, 0) is 43.2 Å². The number of nitrogens with zero attached hydrogens (tertiary/aromatic N) is 2. The van der Waals surface area contributed by atoms with Gasteiger partial charge in [0.2, 0.25) is 0 Å². The van der Waals surface area contributed by atoms with Crippen molar-refractivity contribution in [2.24, 2.45) is 0 Å². The van der Waals surface area contributed by atoms with Crippen LogP contribution in [-0.2, 0) is 12.4 Å². The standard InChI is InChI=1S/C19H16F6N3O2/c20-18(21,22)12-1-4-15(5-2-12)27-9-7-14(8-10-27)26-16-6-3-13(19(23,24)25)11-17(16)28(29)30/h1-4,6,11,14,26H,7-10H2. The highest BCUT2D eigenvalue weighted by atomic mass is 19.4. The number of nitro benzene ring substituents is 1. The zero-order chi connectivity index (χ0) is 22.1. The van der Waals surface area contributed by atoms with Gasteiger partial charge >= 0.3 is 12.4 Å². The van der Waals surface area contributed by atoms with Crippen LogP contribution in [0.15, 0.2) is 36.4 Å². The molecular formula is C19H16F6N3O2. The van der Waals surface area contributed by atoms with Crippen LogP contribution in [0.4, 0.5) is 43.4 Å². The van der Waals surface area contributed by atoms with E-state index < -0.39 is 34.1 Å². The van der Waals surface area contributed by atoms with Crippen LogP contribution in [-0.4, -0.2) is 24.1 Å². The molecule has 1 heterocycles. The molecule has 161 valence electrons. The normalized spacial score (nSPS) is 15.9. The number of rotatable bonds is 4. The van der Waals surface area contributed by atoms with Crippen LogP contribution in [0.3, 0.4) is 0 Å². The van der Waals surface area contributed by atoms with E-state index in [1.165, 1.54) is 6.07 Å². The quantitative estimate of drug-likeness (QED) is 0.393. The number of nitro groups is 1. The van der Waals surface area contributed by atoms with Gasteiger partial charge in [0.05, 0.1) is 16.1 Å². The topological polar surface area (TPSA) is 58.4 Å². The van der Waals surface area contributed by atoms with Gasteiger partial charge in [0, 0.05) is 37.0 Å². The second kappa shape index (κ2) is 8.04. The van der Waals surface area contributed by atoms with Crippen LogP contribution < -0.4 is 10.2 Å². The molecule has 1 aliphatic heterocycles. The molecule has 5 nitrogen and oxygen atoms in total. The van der Waals surface area contributed by atoms with Gasteiger partial charge in [0.1, 0.15) is 5.69 Å². The number of anilines is 2. The van der Waals surface area contributed by atoms with Crippen molar-refractivity contribution < 1.29 is 31.3 Å². The average Bonchev–Trinajstić information content (AvgIpc) is 2.67. The Morgan fingerprint density at radius 3 is 2.10 bits per heavy atom. The maximum absolute atomic E-state index is 12.8. The monoisotopic (exact) mass is 432 g/mol. The molecule has 0 aliphatic carbocycles. The fourth-order valence-corrected chi connectivity index (χ4v) is 3.26. The fraction of sp³-hybridized carbons (Fsp3) is 0.368. The van der Waals surface area contributed by atoms with E-state index in [0.717, 1.165) is 24.3 Å². The summed E-state index contributed by atoms with van der Waals surface area (Å²) in [6.45, 7) is 0.905. The Morgan fingerprint density at radius 1 is 1.00 bits per heavy atom. The third kappa shape index (κ3) is 4.95. The molecule has 1 saturated heterocycles. The van der Waals surface area contributed by atoms with Gasteiger partial charge in [0.15, 0.2) is 0 Å². The summed E-state index contributed by atoms with van der Waals surface area (Å²) >= 11 is 0. The molecule has 0 unspecified atom stereocenters. The summed E-state index contributed by atoms with van der Waals surface area (Å²) in [6.07, 6.45) is -8.14. The smallest absolute Gasteiger partial charge is 0.377 e. The molecule has 0 bridgehead atoms. The van der Waals surface area contributed by atoms with Crippen LogP contribution in [0.2, 0.25) is 0 Å². The molecule has 0 amide bonds. The number of nitrogens with one attached hydrogen (secondary N) is 1. The number of hydrogen-bond acceptors (Lipinski definition) is 4. The summed E-state index contributed by atoms with van der Waals surface area (Å²) in [5.41, 5.74) is -2.07. The predicted molar refractivity (Wildman–Crippen MR) is 97.2 cm³/mol. The molecule has 1 aliphatic rings. The Hall–Kier alpha value is -2.98. The third-order valence-corrected chi connectivity index (χ3v) is 4.84. The van der Waals surface area contributed by atoms with Gasteiger partial charge < -0.3 is 10.2 Å². The highest BCUT2D eigenvalue weighted by molar-refractivity contribution is 5.63. The van der Waals surface area contributed by atoms with Gasteiger partial charge in [-0.15, -0.1) is 0 Å². The number of alkyl halides is 6. The first-order valence-electron chi connectivity index (χ1n) is 8.91. The van der Waals surface area contributed by atoms with E-state index in [1.807, 2.05) is 4.90 Å². The van der Waals surface area contributed by atoms with Gasteiger partial charge in [0.25, 0.3) is 5.69 Å². The molecule has 0 spiro atoms. The van der Waals surface area contributed by atoms with Crippen LogP contribution >= 0.6 is 0 Å². The molecule has 0 saturated carbocycles. The Morgan fingerprint density at radius 2 is 1.60 bits per heavy atom. The zero-order valence-electron chi connectivity index (χ0n) is 15.3. The highest BCUT2D eigenvalue weighted by Gasteiger charge is 2.34. The first-order valence-corrected chi connectivity index (χ1v) is 8.91. The lowest BCUT2D eigenvalue weighted by Gasteiger charge is -2.34. The van der Waals surface area contributed by atoms with Gasteiger partial charge in [-0.3, -0.25) is 10.1 Å². The van der Waals surface area contributed by atoms with Crippen molar-refractivity contribution in [1.29, 1.82) is 0 Å². The summed E-state index contributed by atoms with van der Waals surface area (Å²) in [5, 5.41) is 14.1. The maximum Gasteiger partial charge on any atom is 0.416 e. The van der Waals surface area contributed by atoms with Crippen molar-refractivity contribution in [2.75, 3.05) is 23.3 Å². The molecule has 30 heavy (non-hydrogen) atoms. The summed E-state index contributed by atoms with van der Waals surface area (Å²) in [7, 11) is 0. The molecular weight excluding hydrogens is 416 g/mol. The third-order valence-electron chi connectivity index (χ3n) is 4.84. The minimum absolute atomic E-state index is 0.00690. The molecule has 1 radical (unpaired) electrons. The molecule has 3 rings (SSSR count). The van der Waals surface area contributed by atoms with E-state index in [4.69, 9.17) is 0 Å². The Bertz CT molecular complexity index is 904.